The van der Waals surface area contributed by atoms with Crippen LogP contribution in [0.15, 0.2) is 54.6 Å². The molecule has 1 aliphatic heterocycles. The molecule has 2 nitrogen and oxygen atoms in total. The zero-order valence-electron chi connectivity index (χ0n) is 12.4. The normalized spacial score (nSPS) is 28.7. The molecule has 3 atom stereocenters. The molecule has 0 unspecified atom stereocenters. The van der Waals surface area contributed by atoms with E-state index in [2.05, 4.69) is 54.6 Å². The van der Waals surface area contributed by atoms with Crippen molar-refractivity contribution in [1.29, 1.82) is 0 Å². The van der Waals surface area contributed by atoms with Crippen molar-refractivity contribution in [2.75, 3.05) is 13.6 Å². The second kappa shape index (κ2) is 5.28. The van der Waals surface area contributed by atoms with Crippen molar-refractivity contribution >= 4 is 0 Å². The molecule has 1 saturated carbocycles. The van der Waals surface area contributed by atoms with Crippen LogP contribution in [0.25, 0.3) is 11.1 Å². The molecule has 2 heteroatoms. The van der Waals surface area contributed by atoms with Crippen LogP contribution in [-0.2, 0) is 4.84 Å². The minimum Gasteiger partial charge on any atom is -0.295 e. The van der Waals surface area contributed by atoms with Gasteiger partial charge in [0, 0.05) is 25.4 Å². The topological polar surface area (TPSA) is 12.5 Å². The first-order valence-corrected chi connectivity index (χ1v) is 7.84. The van der Waals surface area contributed by atoms with Gasteiger partial charge < -0.3 is 0 Å². The third kappa shape index (κ3) is 2.39. The van der Waals surface area contributed by atoms with Gasteiger partial charge in [-0.25, -0.2) is 0 Å². The van der Waals surface area contributed by atoms with E-state index >= 15 is 0 Å². The van der Waals surface area contributed by atoms with Crippen molar-refractivity contribution in [1.82, 2.24) is 5.06 Å². The molecule has 108 valence electrons. The van der Waals surface area contributed by atoms with E-state index in [1.54, 1.807) is 0 Å². The zero-order chi connectivity index (χ0) is 14.2. The van der Waals surface area contributed by atoms with Gasteiger partial charge in [0.05, 0.1) is 6.10 Å². The molecular formula is C19H21NO. The van der Waals surface area contributed by atoms with Crippen LogP contribution in [0.5, 0.6) is 0 Å². The predicted molar refractivity (Wildman–Crippen MR) is 84.8 cm³/mol. The average molecular weight is 279 g/mol. The molecule has 1 aliphatic carbocycles. The molecule has 2 fully saturated rings. The summed E-state index contributed by atoms with van der Waals surface area (Å²) in [7, 11) is 2.05. The molecule has 0 bridgehead atoms. The van der Waals surface area contributed by atoms with Gasteiger partial charge in [0.15, 0.2) is 0 Å². The fourth-order valence-electron chi connectivity index (χ4n) is 3.90. The summed E-state index contributed by atoms with van der Waals surface area (Å²) >= 11 is 0. The lowest BCUT2D eigenvalue weighted by atomic mass is 9.92. The van der Waals surface area contributed by atoms with Crippen LogP contribution < -0.4 is 0 Å². The molecular weight excluding hydrogens is 258 g/mol. The number of hydrogen-bond acceptors (Lipinski definition) is 2. The Morgan fingerprint density at radius 3 is 2.38 bits per heavy atom. The largest absolute Gasteiger partial charge is 0.295 e. The second-order valence-electron chi connectivity index (χ2n) is 6.31. The van der Waals surface area contributed by atoms with Gasteiger partial charge in [-0.05, 0) is 29.5 Å². The van der Waals surface area contributed by atoms with Gasteiger partial charge in [-0.15, -0.1) is 0 Å². The molecule has 0 radical (unpaired) electrons. The Morgan fingerprint density at radius 1 is 0.905 bits per heavy atom. The number of hydrogen-bond donors (Lipinski definition) is 0. The first kappa shape index (κ1) is 13.1. The Labute approximate surface area is 126 Å². The number of hydroxylamine groups is 2. The van der Waals surface area contributed by atoms with Crippen LogP contribution in [-0.4, -0.2) is 24.8 Å². The second-order valence-corrected chi connectivity index (χ2v) is 6.31. The van der Waals surface area contributed by atoms with Crippen molar-refractivity contribution in [2.24, 2.45) is 5.92 Å². The molecule has 0 spiro atoms. The van der Waals surface area contributed by atoms with Gasteiger partial charge in [0.1, 0.15) is 0 Å². The summed E-state index contributed by atoms with van der Waals surface area (Å²) in [4.78, 5) is 6.00. The lowest BCUT2D eigenvalue weighted by Gasteiger charge is -2.19. The number of fused-ring (bicyclic) bond motifs is 1. The van der Waals surface area contributed by atoms with Crippen molar-refractivity contribution in [3.05, 3.63) is 60.2 Å². The molecule has 2 aromatic carbocycles. The highest BCUT2D eigenvalue weighted by Gasteiger charge is 2.43. The quantitative estimate of drug-likeness (QED) is 0.821. The van der Waals surface area contributed by atoms with Crippen molar-refractivity contribution in [3.8, 4) is 11.1 Å². The Kier molecular flexibility index (Phi) is 3.28. The summed E-state index contributed by atoms with van der Waals surface area (Å²) in [5, 5.41) is 2.01. The van der Waals surface area contributed by atoms with E-state index in [4.69, 9.17) is 4.84 Å². The van der Waals surface area contributed by atoms with Crippen LogP contribution in [0.2, 0.25) is 0 Å². The lowest BCUT2D eigenvalue weighted by molar-refractivity contribution is -0.132. The zero-order valence-corrected chi connectivity index (χ0v) is 12.4. The monoisotopic (exact) mass is 279 g/mol. The minimum absolute atomic E-state index is 0.387. The maximum absolute atomic E-state index is 6.00. The molecule has 1 saturated heterocycles. The smallest absolute Gasteiger partial charge is 0.0902 e. The van der Waals surface area contributed by atoms with Crippen LogP contribution in [0.1, 0.15) is 24.3 Å². The van der Waals surface area contributed by atoms with E-state index < -0.39 is 0 Å². The van der Waals surface area contributed by atoms with Crippen LogP contribution in [0.4, 0.5) is 0 Å². The molecule has 0 aromatic heterocycles. The SMILES string of the molecule is CN1C[C@H]2CC[C@@H](c3ccc(-c4ccccc4)cc3)[C@H]2O1. The maximum Gasteiger partial charge on any atom is 0.0902 e. The standard InChI is InChI=1S/C19H21NO/c1-20-13-17-11-12-18(19(17)21-20)16-9-7-15(8-10-16)14-5-3-2-4-6-14/h2-10,17-19H,11-13H2,1H3/t17-,18+,19+/m1/s1. The Balaban J connectivity index is 1.57. The first-order valence-electron chi connectivity index (χ1n) is 7.84. The van der Waals surface area contributed by atoms with E-state index in [9.17, 15) is 0 Å². The Hall–Kier alpha value is -1.64. The van der Waals surface area contributed by atoms with Crippen molar-refractivity contribution in [3.63, 3.8) is 0 Å². The third-order valence-electron chi connectivity index (χ3n) is 4.95. The van der Waals surface area contributed by atoms with Crippen molar-refractivity contribution in [2.45, 2.75) is 24.9 Å². The summed E-state index contributed by atoms with van der Waals surface area (Å²) in [6.45, 7) is 1.09. The van der Waals surface area contributed by atoms with E-state index in [1.807, 2.05) is 12.1 Å². The molecule has 21 heavy (non-hydrogen) atoms. The van der Waals surface area contributed by atoms with E-state index in [0.29, 0.717) is 17.9 Å². The highest BCUT2D eigenvalue weighted by Crippen LogP contribution is 2.44. The lowest BCUT2D eigenvalue weighted by Crippen LogP contribution is -2.19. The maximum atomic E-state index is 6.00. The summed E-state index contributed by atoms with van der Waals surface area (Å²) in [5.74, 6) is 1.28. The van der Waals surface area contributed by atoms with E-state index in [-0.39, 0.29) is 0 Å². The summed E-state index contributed by atoms with van der Waals surface area (Å²) < 4.78 is 0. The van der Waals surface area contributed by atoms with Crippen LogP contribution in [0, 0.1) is 5.92 Å². The highest BCUT2D eigenvalue weighted by atomic mass is 16.7. The fourth-order valence-corrected chi connectivity index (χ4v) is 3.90. The summed E-state index contributed by atoms with van der Waals surface area (Å²) in [6.07, 6.45) is 2.94. The minimum atomic E-state index is 0.387. The molecule has 1 heterocycles. The number of nitrogens with zero attached hydrogens (tertiary/aromatic N) is 1. The van der Waals surface area contributed by atoms with Crippen LogP contribution >= 0.6 is 0 Å². The first-order chi connectivity index (χ1) is 10.3. The number of benzene rings is 2. The van der Waals surface area contributed by atoms with Crippen LogP contribution in [0.3, 0.4) is 0 Å². The highest BCUT2D eigenvalue weighted by molar-refractivity contribution is 5.63. The van der Waals surface area contributed by atoms with Gasteiger partial charge in [0.25, 0.3) is 0 Å². The predicted octanol–water partition coefficient (Wildman–Crippen LogP) is 4.09. The van der Waals surface area contributed by atoms with Gasteiger partial charge in [-0.3, -0.25) is 4.84 Å². The van der Waals surface area contributed by atoms with Gasteiger partial charge in [0.2, 0.25) is 0 Å². The Bertz CT molecular complexity index is 607. The summed E-state index contributed by atoms with van der Waals surface area (Å²) in [6, 6.07) is 19.6. The van der Waals surface area contributed by atoms with Gasteiger partial charge in [-0.2, -0.15) is 5.06 Å². The molecule has 4 rings (SSSR count). The summed E-state index contributed by atoms with van der Waals surface area (Å²) in [5.41, 5.74) is 4.00. The molecule has 2 aliphatic rings. The van der Waals surface area contributed by atoms with Crippen molar-refractivity contribution < 1.29 is 4.84 Å². The molecule has 0 N–H and O–H groups in total. The third-order valence-corrected chi connectivity index (χ3v) is 4.95. The Morgan fingerprint density at radius 2 is 1.62 bits per heavy atom. The number of rotatable bonds is 2. The van der Waals surface area contributed by atoms with Gasteiger partial charge >= 0.3 is 0 Å². The van der Waals surface area contributed by atoms with E-state index in [1.165, 1.54) is 29.5 Å². The molecule has 0 amide bonds. The van der Waals surface area contributed by atoms with E-state index in [0.717, 1.165) is 6.54 Å². The van der Waals surface area contributed by atoms with Gasteiger partial charge in [-0.1, -0.05) is 54.6 Å². The molecule has 2 aromatic rings. The average Bonchev–Trinajstić information content (AvgIpc) is 3.07. The fraction of sp³-hybridized carbons (Fsp3) is 0.368.